The number of likely N-dealkylation sites (tertiary alicyclic amines) is 2. The van der Waals surface area contributed by atoms with E-state index in [0.29, 0.717) is 24.4 Å². The molecule has 34 heavy (non-hydrogen) atoms. The summed E-state index contributed by atoms with van der Waals surface area (Å²) < 4.78 is 8.56. The fraction of sp³-hybridized carbons (Fsp3) is 0.600. The second-order valence-corrected chi connectivity index (χ2v) is 10.4. The van der Waals surface area contributed by atoms with Crippen LogP contribution in [0.2, 0.25) is 0 Å². The van der Waals surface area contributed by atoms with Crippen molar-refractivity contribution in [1.29, 1.82) is 0 Å². The minimum Gasteiger partial charge on any atom is -0.459 e. The van der Waals surface area contributed by atoms with Gasteiger partial charge >= 0.3 is 11.7 Å². The first-order chi connectivity index (χ1) is 16.0. The SMILES string of the molecule is CN1C(=O)CCC(n2c(=O)n(C)c3cc(C4CCN(CC(=O)OC(C)(C)C)CC4)ccc32)C1=O. The number of likely N-dealkylation sites (N-methyl/N-ethyl adjacent to an activating group) is 1. The lowest BCUT2D eigenvalue weighted by atomic mass is 9.89. The van der Waals surface area contributed by atoms with E-state index in [4.69, 9.17) is 4.74 Å². The second-order valence-electron chi connectivity index (χ2n) is 10.4. The van der Waals surface area contributed by atoms with Crippen molar-refractivity contribution in [3.63, 3.8) is 0 Å². The molecule has 1 aromatic heterocycles. The van der Waals surface area contributed by atoms with E-state index in [0.717, 1.165) is 41.9 Å². The van der Waals surface area contributed by atoms with Gasteiger partial charge in [0.15, 0.2) is 0 Å². The number of nitrogens with zero attached hydrogens (tertiary/aromatic N) is 4. The van der Waals surface area contributed by atoms with E-state index in [-0.39, 0.29) is 29.9 Å². The summed E-state index contributed by atoms with van der Waals surface area (Å²) in [5.41, 5.74) is 1.91. The lowest BCUT2D eigenvalue weighted by molar-refractivity contribution is -0.156. The maximum atomic E-state index is 13.1. The Kier molecular flexibility index (Phi) is 6.42. The Morgan fingerprint density at radius 3 is 2.35 bits per heavy atom. The molecule has 4 rings (SSSR count). The van der Waals surface area contributed by atoms with Gasteiger partial charge in [-0.15, -0.1) is 0 Å². The number of aryl methyl sites for hydroxylation is 1. The highest BCUT2D eigenvalue weighted by molar-refractivity contribution is 5.99. The number of imide groups is 1. The van der Waals surface area contributed by atoms with Crippen LogP contribution in [0, 0.1) is 0 Å². The zero-order valence-electron chi connectivity index (χ0n) is 20.7. The molecule has 1 atom stereocenters. The number of carbonyl (C=O) groups is 3. The van der Waals surface area contributed by atoms with Gasteiger partial charge in [-0.1, -0.05) is 6.07 Å². The molecule has 9 nitrogen and oxygen atoms in total. The number of benzene rings is 1. The molecule has 1 unspecified atom stereocenters. The van der Waals surface area contributed by atoms with E-state index in [2.05, 4.69) is 4.90 Å². The van der Waals surface area contributed by atoms with Crippen LogP contribution in [-0.2, 0) is 26.2 Å². The van der Waals surface area contributed by atoms with Gasteiger partial charge < -0.3 is 4.74 Å². The smallest absolute Gasteiger partial charge is 0.329 e. The van der Waals surface area contributed by atoms with Crippen molar-refractivity contribution in [2.24, 2.45) is 7.05 Å². The van der Waals surface area contributed by atoms with Crippen LogP contribution < -0.4 is 5.69 Å². The summed E-state index contributed by atoms with van der Waals surface area (Å²) >= 11 is 0. The molecule has 2 aliphatic rings. The number of esters is 1. The van der Waals surface area contributed by atoms with Crippen molar-refractivity contribution in [3.8, 4) is 0 Å². The van der Waals surface area contributed by atoms with Crippen molar-refractivity contribution in [2.45, 2.75) is 64.0 Å². The van der Waals surface area contributed by atoms with Crippen LogP contribution in [0.3, 0.4) is 0 Å². The van der Waals surface area contributed by atoms with Gasteiger partial charge in [-0.2, -0.15) is 0 Å². The van der Waals surface area contributed by atoms with E-state index in [9.17, 15) is 19.2 Å². The summed E-state index contributed by atoms with van der Waals surface area (Å²) in [6.45, 7) is 7.52. The van der Waals surface area contributed by atoms with Crippen molar-refractivity contribution in [2.75, 3.05) is 26.7 Å². The van der Waals surface area contributed by atoms with Gasteiger partial charge in [0.05, 0.1) is 17.6 Å². The Hall–Kier alpha value is -2.94. The van der Waals surface area contributed by atoms with Gasteiger partial charge in [0, 0.05) is 20.5 Å². The number of imidazole rings is 1. The number of ether oxygens (including phenoxy) is 1. The summed E-state index contributed by atoms with van der Waals surface area (Å²) in [6.07, 6.45) is 2.41. The molecule has 2 fully saturated rings. The van der Waals surface area contributed by atoms with E-state index in [1.54, 1.807) is 11.6 Å². The number of hydrogen-bond donors (Lipinski definition) is 0. The van der Waals surface area contributed by atoms with E-state index in [1.807, 2.05) is 39.0 Å². The van der Waals surface area contributed by atoms with Gasteiger partial charge in [-0.25, -0.2) is 4.79 Å². The molecule has 0 spiro atoms. The minimum atomic E-state index is -0.666. The number of carbonyl (C=O) groups excluding carboxylic acids is 3. The Labute approximate surface area is 199 Å². The highest BCUT2D eigenvalue weighted by Crippen LogP contribution is 2.32. The van der Waals surface area contributed by atoms with Crippen LogP contribution in [0.15, 0.2) is 23.0 Å². The van der Waals surface area contributed by atoms with Gasteiger partial charge in [0.1, 0.15) is 11.6 Å². The highest BCUT2D eigenvalue weighted by Gasteiger charge is 2.35. The largest absolute Gasteiger partial charge is 0.459 e. The summed E-state index contributed by atoms with van der Waals surface area (Å²) in [4.78, 5) is 53.1. The quantitative estimate of drug-likeness (QED) is 0.502. The predicted octanol–water partition coefficient (Wildman–Crippen LogP) is 2.18. The van der Waals surface area contributed by atoms with E-state index < -0.39 is 11.6 Å². The van der Waals surface area contributed by atoms with Crippen LogP contribution in [0.5, 0.6) is 0 Å². The average Bonchev–Trinajstić information content (AvgIpc) is 3.01. The first kappa shape index (κ1) is 24.2. The third-order valence-corrected chi connectivity index (χ3v) is 6.88. The van der Waals surface area contributed by atoms with Crippen LogP contribution in [-0.4, -0.2) is 69.0 Å². The molecule has 0 radical (unpaired) electrons. The molecule has 0 N–H and O–H groups in total. The number of rotatable bonds is 4. The van der Waals surface area contributed by atoms with Crippen molar-refractivity contribution in [1.82, 2.24) is 18.9 Å². The van der Waals surface area contributed by atoms with Crippen LogP contribution in [0.1, 0.15) is 64.0 Å². The van der Waals surface area contributed by atoms with E-state index >= 15 is 0 Å². The fourth-order valence-electron chi connectivity index (χ4n) is 5.05. The highest BCUT2D eigenvalue weighted by atomic mass is 16.6. The molecule has 2 aromatic rings. The molecule has 184 valence electrons. The zero-order valence-corrected chi connectivity index (χ0v) is 20.7. The third-order valence-electron chi connectivity index (χ3n) is 6.88. The van der Waals surface area contributed by atoms with E-state index in [1.165, 1.54) is 11.6 Å². The third kappa shape index (κ3) is 4.66. The molecule has 2 amide bonds. The van der Waals surface area contributed by atoms with Gasteiger partial charge in [0.25, 0.3) is 5.91 Å². The lowest BCUT2D eigenvalue weighted by Crippen LogP contribution is -2.45. The summed E-state index contributed by atoms with van der Waals surface area (Å²) in [6, 6.07) is 5.34. The normalized spacial score (nSPS) is 20.9. The molecule has 0 saturated carbocycles. The van der Waals surface area contributed by atoms with Crippen molar-refractivity contribution in [3.05, 3.63) is 34.2 Å². The molecule has 0 aliphatic carbocycles. The lowest BCUT2D eigenvalue weighted by Gasteiger charge is -2.32. The molecular formula is C25H34N4O5. The number of aromatic nitrogens is 2. The van der Waals surface area contributed by atoms with Gasteiger partial charge in [0.2, 0.25) is 5.91 Å². The first-order valence-corrected chi connectivity index (χ1v) is 11.9. The summed E-state index contributed by atoms with van der Waals surface area (Å²) in [5.74, 6) is -0.423. The Morgan fingerprint density at radius 1 is 1.03 bits per heavy atom. The standard InChI is InChI=1S/C25H34N4O5/c1-25(2,3)34-22(31)15-28-12-10-16(11-13-28)17-6-7-18-20(14-17)26(4)24(33)29(18)19-8-9-21(30)27(5)23(19)32/h6-7,14,16,19H,8-13,15H2,1-5H3. The molecule has 2 aliphatic heterocycles. The fourth-order valence-corrected chi connectivity index (χ4v) is 5.05. The van der Waals surface area contributed by atoms with Gasteiger partial charge in [-0.05, 0) is 76.7 Å². The predicted molar refractivity (Wildman–Crippen MR) is 127 cm³/mol. The van der Waals surface area contributed by atoms with Gasteiger partial charge in [-0.3, -0.25) is 33.3 Å². The Bertz CT molecular complexity index is 1180. The summed E-state index contributed by atoms with van der Waals surface area (Å²) in [5, 5.41) is 0. The van der Waals surface area contributed by atoms with Crippen LogP contribution in [0.25, 0.3) is 11.0 Å². The van der Waals surface area contributed by atoms with Crippen LogP contribution >= 0.6 is 0 Å². The maximum absolute atomic E-state index is 13.1. The second kappa shape index (κ2) is 9.02. The number of fused-ring (bicyclic) bond motifs is 1. The molecule has 1 aromatic carbocycles. The van der Waals surface area contributed by atoms with Crippen LogP contribution in [0.4, 0.5) is 0 Å². The molecule has 0 bridgehead atoms. The summed E-state index contributed by atoms with van der Waals surface area (Å²) in [7, 11) is 3.19. The zero-order chi connectivity index (χ0) is 24.8. The van der Waals surface area contributed by atoms with Crippen molar-refractivity contribution >= 4 is 28.8 Å². The molecule has 9 heteroatoms. The van der Waals surface area contributed by atoms with Crippen molar-refractivity contribution < 1.29 is 19.1 Å². The minimum absolute atomic E-state index is 0.201. The number of hydrogen-bond acceptors (Lipinski definition) is 6. The molecule has 2 saturated heterocycles. The Morgan fingerprint density at radius 2 is 1.71 bits per heavy atom. The average molecular weight is 471 g/mol. The number of piperidine rings is 2. The number of amides is 2. The first-order valence-electron chi connectivity index (χ1n) is 11.9. The molecular weight excluding hydrogens is 436 g/mol. The topological polar surface area (TPSA) is 93.9 Å². The molecule has 3 heterocycles. The Balaban J connectivity index is 1.51. The maximum Gasteiger partial charge on any atom is 0.329 e. The monoisotopic (exact) mass is 470 g/mol.